The summed E-state index contributed by atoms with van der Waals surface area (Å²) in [4.78, 5) is 11.9. The highest BCUT2D eigenvalue weighted by molar-refractivity contribution is 9.10. The Labute approximate surface area is 160 Å². The van der Waals surface area contributed by atoms with Crippen molar-refractivity contribution in [2.45, 2.75) is 6.42 Å². The largest absolute Gasteiger partial charge is 0.503 e. The Morgan fingerprint density at radius 2 is 2.12 bits per heavy atom. The highest BCUT2D eigenvalue weighted by Gasteiger charge is 2.08. The summed E-state index contributed by atoms with van der Waals surface area (Å²) in [6.45, 7) is 3.54. The van der Waals surface area contributed by atoms with E-state index in [0.717, 1.165) is 5.56 Å². The minimum atomic E-state index is -0.389. The van der Waals surface area contributed by atoms with Gasteiger partial charge in [0.15, 0.2) is 18.1 Å². The van der Waals surface area contributed by atoms with Gasteiger partial charge in [-0.3, -0.25) is 4.79 Å². The van der Waals surface area contributed by atoms with Crippen LogP contribution in [0.1, 0.15) is 11.1 Å². The first-order chi connectivity index (χ1) is 12.5. The third kappa shape index (κ3) is 5.35. The molecule has 0 aliphatic heterocycles. The van der Waals surface area contributed by atoms with Crippen molar-refractivity contribution in [1.82, 2.24) is 5.43 Å². The SMILES string of the molecule is C=CCc1ccccc1OCC(=O)NN=Cc1cc(Br)c(O)c(OC)c1. The second-order valence-electron chi connectivity index (χ2n) is 5.24. The number of phenols is 1. The van der Waals surface area contributed by atoms with Crippen LogP contribution < -0.4 is 14.9 Å². The molecule has 0 atom stereocenters. The van der Waals surface area contributed by atoms with Gasteiger partial charge in [0.1, 0.15) is 5.75 Å². The summed E-state index contributed by atoms with van der Waals surface area (Å²) in [6, 6.07) is 10.7. The molecule has 136 valence electrons. The zero-order valence-electron chi connectivity index (χ0n) is 14.2. The number of halogens is 1. The van der Waals surface area contributed by atoms with Crippen LogP contribution in [0.2, 0.25) is 0 Å². The summed E-state index contributed by atoms with van der Waals surface area (Å²) >= 11 is 3.22. The minimum Gasteiger partial charge on any atom is -0.503 e. The van der Waals surface area contributed by atoms with Crippen molar-refractivity contribution >= 4 is 28.1 Å². The first-order valence-corrected chi connectivity index (χ1v) is 8.54. The van der Waals surface area contributed by atoms with Crippen LogP contribution in [0.5, 0.6) is 17.2 Å². The second kappa shape index (κ2) is 9.62. The van der Waals surface area contributed by atoms with Crippen LogP contribution in [-0.4, -0.2) is 30.9 Å². The number of amides is 1. The summed E-state index contributed by atoms with van der Waals surface area (Å²) in [5.74, 6) is 0.549. The third-order valence-electron chi connectivity index (χ3n) is 3.37. The number of aromatic hydroxyl groups is 1. The number of carbonyl (C=O) groups is 1. The predicted molar refractivity (Wildman–Crippen MR) is 104 cm³/mol. The summed E-state index contributed by atoms with van der Waals surface area (Å²) < 4.78 is 11.1. The average Bonchev–Trinajstić information content (AvgIpc) is 2.64. The number of nitrogens with zero attached hydrogens (tertiary/aromatic N) is 1. The maximum Gasteiger partial charge on any atom is 0.277 e. The van der Waals surface area contributed by atoms with Gasteiger partial charge in [-0.15, -0.1) is 6.58 Å². The molecule has 0 fully saturated rings. The van der Waals surface area contributed by atoms with Gasteiger partial charge in [-0.1, -0.05) is 24.3 Å². The van der Waals surface area contributed by atoms with Crippen LogP contribution in [0.25, 0.3) is 0 Å². The van der Waals surface area contributed by atoms with Gasteiger partial charge >= 0.3 is 0 Å². The highest BCUT2D eigenvalue weighted by Crippen LogP contribution is 2.34. The van der Waals surface area contributed by atoms with Crippen LogP contribution >= 0.6 is 15.9 Å². The Bertz CT molecular complexity index is 821. The molecule has 7 heteroatoms. The number of nitrogens with one attached hydrogen (secondary N) is 1. The summed E-state index contributed by atoms with van der Waals surface area (Å²) in [5, 5.41) is 13.6. The van der Waals surface area contributed by atoms with Gasteiger partial charge in [-0.05, 0) is 51.7 Å². The first kappa shape index (κ1) is 19.5. The standard InChI is InChI=1S/C19H19BrN2O4/c1-3-6-14-7-4-5-8-16(14)26-12-18(23)22-21-11-13-9-15(20)19(24)17(10-13)25-2/h3-5,7-11,24H,1,6,12H2,2H3,(H,22,23). The van der Waals surface area contributed by atoms with E-state index in [0.29, 0.717) is 28.0 Å². The fourth-order valence-electron chi connectivity index (χ4n) is 2.15. The van der Waals surface area contributed by atoms with Gasteiger partial charge < -0.3 is 14.6 Å². The van der Waals surface area contributed by atoms with E-state index in [1.165, 1.54) is 13.3 Å². The fourth-order valence-corrected chi connectivity index (χ4v) is 2.61. The number of allylic oxidation sites excluding steroid dienone is 1. The molecule has 0 unspecified atom stereocenters. The zero-order chi connectivity index (χ0) is 18.9. The Hall–Kier alpha value is -2.80. The van der Waals surface area contributed by atoms with Gasteiger partial charge in [-0.2, -0.15) is 5.10 Å². The lowest BCUT2D eigenvalue weighted by Crippen LogP contribution is -2.24. The molecule has 0 saturated carbocycles. The molecule has 2 aromatic rings. The summed E-state index contributed by atoms with van der Waals surface area (Å²) in [7, 11) is 1.45. The number of methoxy groups -OCH3 is 1. The van der Waals surface area contributed by atoms with Crippen LogP contribution in [-0.2, 0) is 11.2 Å². The third-order valence-corrected chi connectivity index (χ3v) is 3.97. The van der Waals surface area contributed by atoms with Gasteiger partial charge in [0, 0.05) is 0 Å². The Kier molecular flexibility index (Phi) is 7.23. The van der Waals surface area contributed by atoms with Crippen LogP contribution in [0.3, 0.4) is 0 Å². The molecule has 6 nitrogen and oxygen atoms in total. The van der Waals surface area contributed by atoms with Gasteiger partial charge in [0.2, 0.25) is 0 Å². The van der Waals surface area contributed by atoms with E-state index in [4.69, 9.17) is 9.47 Å². The van der Waals surface area contributed by atoms with Crippen molar-refractivity contribution in [1.29, 1.82) is 0 Å². The molecule has 0 radical (unpaired) electrons. The van der Waals surface area contributed by atoms with Crippen LogP contribution in [0.4, 0.5) is 0 Å². The monoisotopic (exact) mass is 418 g/mol. The number of phenolic OH excluding ortho intramolecular Hbond substituents is 1. The normalized spacial score (nSPS) is 10.5. The zero-order valence-corrected chi connectivity index (χ0v) is 15.8. The van der Waals surface area contributed by atoms with Crippen molar-refractivity contribution in [3.05, 3.63) is 64.7 Å². The molecular formula is C19H19BrN2O4. The smallest absolute Gasteiger partial charge is 0.277 e. The number of hydrogen-bond donors (Lipinski definition) is 2. The van der Waals surface area contributed by atoms with Crippen molar-refractivity contribution < 1.29 is 19.4 Å². The second-order valence-corrected chi connectivity index (χ2v) is 6.09. The molecule has 2 aromatic carbocycles. The van der Waals surface area contributed by atoms with E-state index in [-0.39, 0.29) is 18.3 Å². The maximum atomic E-state index is 11.9. The topological polar surface area (TPSA) is 80.2 Å². The molecule has 26 heavy (non-hydrogen) atoms. The number of hydrazone groups is 1. The number of hydrogen-bond acceptors (Lipinski definition) is 5. The van der Waals surface area contributed by atoms with Gasteiger partial charge in [0.25, 0.3) is 5.91 Å². The molecule has 1 amide bonds. The van der Waals surface area contributed by atoms with E-state index < -0.39 is 0 Å². The first-order valence-electron chi connectivity index (χ1n) is 7.75. The predicted octanol–water partition coefficient (Wildman–Crippen LogP) is 3.42. The lowest BCUT2D eigenvalue weighted by atomic mass is 10.1. The van der Waals surface area contributed by atoms with Crippen LogP contribution in [0, 0.1) is 0 Å². The molecule has 2 rings (SSSR count). The Morgan fingerprint density at radius 1 is 1.35 bits per heavy atom. The molecule has 0 saturated heterocycles. The average molecular weight is 419 g/mol. The number of ether oxygens (including phenoxy) is 2. The summed E-state index contributed by atoms with van der Waals surface area (Å²) in [6.07, 6.45) is 3.88. The molecule has 0 aliphatic carbocycles. The molecule has 2 N–H and O–H groups in total. The van der Waals surface area contributed by atoms with E-state index in [1.807, 2.05) is 18.2 Å². The van der Waals surface area contributed by atoms with E-state index in [1.54, 1.807) is 24.3 Å². The number of carbonyl (C=O) groups excluding carboxylic acids is 1. The lowest BCUT2D eigenvalue weighted by molar-refractivity contribution is -0.123. The Morgan fingerprint density at radius 3 is 2.85 bits per heavy atom. The summed E-state index contributed by atoms with van der Waals surface area (Å²) in [5.41, 5.74) is 3.99. The van der Waals surface area contributed by atoms with E-state index >= 15 is 0 Å². The highest BCUT2D eigenvalue weighted by atomic mass is 79.9. The van der Waals surface area contributed by atoms with Crippen molar-refractivity contribution in [2.75, 3.05) is 13.7 Å². The molecular weight excluding hydrogens is 400 g/mol. The molecule has 0 spiro atoms. The minimum absolute atomic E-state index is 0.000255. The number of rotatable bonds is 8. The van der Waals surface area contributed by atoms with Crippen molar-refractivity contribution in [3.63, 3.8) is 0 Å². The van der Waals surface area contributed by atoms with E-state index in [9.17, 15) is 9.90 Å². The molecule has 0 heterocycles. The van der Waals surface area contributed by atoms with E-state index in [2.05, 4.69) is 33.0 Å². The number of para-hydroxylation sites is 1. The molecule has 0 aliphatic rings. The quantitative estimate of drug-likeness (QED) is 0.391. The number of benzene rings is 2. The van der Waals surface area contributed by atoms with Crippen LogP contribution in [0.15, 0.2) is 58.6 Å². The van der Waals surface area contributed by atoms with Gasteiger partial charge in [-0.25, -0.2) is 5.43 Å². The fraction of sp³-hybridized carbons (Fsp3) is 0.158. The Balaban J connectivity index is 1.92. The van der Waals surface area contributed by atoms with Crippen molar-refractivity contribution in [2.24, 2.45) is 5.10 Å². The molecule has 0 aromatic heterocycles. The van der Waals surface area contributed by atoms with Gasteiger partial charge in [0.05, 0.1) is 17.8 Å². The maximum absolute atomic E-state index is 11.9. The van der Waals surface area contributed by atoms with Crippen molar-refractivity contribution in [3.8, 4) is 17.2 Å². The lowest BCUT2D eigenvalue weighted by Gasteiger charge is -2.09. The molecule has 0 bridgehead atoms.